The topological polar surface area (TPSA) is 101 Å². The molecule has 0 aromatic carbocycles. The van der Waals surface area contributed by atoms with Crippen LogP contribution in [0.4, 0.5) is 26.3 Å². The number of halogens is 6. The van der Waals surface area contributed by atoms with Crippen molar-refractivity contribution >= 4 is 29.2 Å². The molecule has 2 atom stereocenters. The SMILES string of the molecule is Cc1ccc(CN2CC[C@H]3[C@H]2CCN3CC(=O)N(C)C)s1.O=C(O)C(F)(F)F.O=C(O)C(F)(F)F. The van der Waals surface area contributed by atoms with Crippen molar-refractivity contribution in [2.45, 2.75) is 50.7 Å². The van der Waals surface area contributed by atoms with Gasteiger partial charge in [0.2, 0.25) is 5.91 Å². The van der Waals surface area contributed by atoms with Crippen LogP contribution in [0.25, 0.3) is 0 Å². The van der Waals surface area contributed by atoms with E-state index in [1.54, 1.807) is 4.90 Å². The number of aliphatic carboxylic acids is 2. The van der Waals surface area contributed by atoms with E-state index in [1.807, 2.05) is 25.4 Å². The Morgan fingerprint density at radius 1 is 0.943 bits per heavy atom. The number of carbonyl (C=O) groups is 3. The number of hydrogen-bond acceptors (Lipinski definition) is 6. The van der Waals surface area contributed by atoms with Crippen LogP contribution < -0.4 is 0 Å². The van der Waals surface area contributed by atoms with Crippen LogP contribution in [0, 0.1) is 6.92 Å². The van der Waals surface area contributed by atoms with Gasteiger partial charge in [-0.2, -0.15) is 26.3 Å². The van der Waals surface area contributed by atoms with Crippen LogP contribution in [0.2, 0.25) is 0 Å². The Morgan fingerprint density at radius 3 is 1.74 bits per heavy atom. The molecule has 2 aliphatic heterocycles. The highest BCUT2D eigenvalue weighted by atomic mass is 32.1. The average Bonchev–Trinajstić information content (AvgIpc) is 3.40. The molecule has 2 N–H and O–H groups in total. The zero-order valence-corrected chi connectivity index (χ0v) is 20.0. The number of amides is 1. The highest BCUT2D eigenvalue weighted by molar-refractivity contribution is 7.11. The molecule has 2 aliphatic rings. The minimum atomic E-state index is -5.08. The van der Waals surface area contributed by atoms with Crippen molar-refractivity contribution in [1.82, 2.24) is 14.7 Å². The van der Waals surface area contributed by atoms with Gasteiger partial charge in [0.25, 0.3) is 0 Å². The maximum absolute atomic E-state index is 11.9. The number of carboxylic acids is 2. The first kappa shape index (κ1) is 30.6. The molecule has 0 aliphatic carbocycles. The standard InChI is InChI=1S/C16H25N3OS.2C2HF3O2/c1-12-4-5-13(21-12)10-18-8-6-15-14(18)7-9-19(15)11-16(20)17(2)3;2*3-2(4,5)1(6)7/h4-5,14-15H,6-11H2,1-3H3;2*(H,6,7)/t14-,15+;;/m1../s1. The number of fused-ring (bicyclic) bond motifs is 1. The predicted octanol–water partition coefficient (Wildman–Crippen LogP) is 3.06. The molecular formula is C20H27F6N3O5S. The van der Waals surface area contributed by atoms with Gasteiger partial charge >= 0.3 is 24.3 Å². The maximum Gasteiger partial charge on any atom is 0.490 e. The van der Waals surface area contributed by atoms with Crippen LogP contribution in [0.1, 0.15) is 22.6 Å². The van der Waals surface area contributed by atoms with Crippen molar-refractivity contribution in [2.24, 2.45) is 0 Å². The number of nitrogens with zero attached hydrogens (tertiary/aromatic N) is 3. The molecule has 1 aromatic rings. The minimum Gasteiger partial charge on any atom is -0.475 e. The van der Waals surface area contributed by atoms with Gasteiger partial charge in [-0.3, -0.25) is 14.6 Å². The first-order chi connectivity index (χ1) is 15.9. The van der Waals surface area contributed by atoms with E-state index in [1.165, 1.54) is 29.1 Å². The minimum absolute atomic E-state index is 0.225. The molecule has 8 nitrogen and oxygen atoms in total. The Morgan fingerprint density at radius 2 is 1.37 bits per heavy atom. The summed E-state index contributed by atoms with van der Waals surface area (Å²) < 4.78 is 63.5. The third kappa shape index (κ3) is 10.0. The van der Waals surface area contributed by atoms with Gasteiger partial charge in [-0.1, -0.05) is 0 Å². The smallest absolute Gasteiger partial charge is 0.475 e. The summed E-state index contributed by atoms with van der Waals surface area (Å²) in [6, 6.07) is 5.69. The second-order valence-corrected chi connectivity index (χ2v) is 9.43. The molecule has 2 saturated heterocycles. The van der Waals surface area contributed by atoms with Gasteiger partial charge in [-0.05, 0) is 31.9 Å². The number of rotatable bonds is 4. The van der Waals surface area contributed by atoms with Gasteiger partial charge in [0.15, 0.2) is 0 Å². The first-order valence-corrected chi connectivity index (χ1v) is 11.1. The molecule has 15 heteroatoms. The van der Waals surface area contributed by atoms with Gasteiger partial charge in [-0.25, -0.2) is 9.59 Å². The van der Waals surface area contributed by atoms with E-state index in [2.05, 4.69) is 28.9 Å². The molecule has 1 aromatic heterocycles. The molecule has 3 rings (SSSR count). The van der Waals surface area contributed by atoms with Crippen molar-refractivity contribution in [1.29, 1.82) is 0 Å². The van der Waals surface area contributed by atoms with Crippen molar-refractivity contribution in [3.63, 3.8) is 0 Å². The summed E-state index contributed by atoms with van der Waals surface area (Å²) in [6.45, 7) is 6.06. The molecule has 1 amide bonds. The van der Waals surface area contributed by atoms with Crippen LogP contribution in [0.3, 0.4) is 0 Å². The lowest BCUT2D eigenvalue weighted by atomic mass is 10.1. The Balaban J connectivity index is 0.000000362. The summed E-state index contributed by atoms with van der Waals surface area (Å²) in [7, 11) is 3.69. The summed E-state index contributed by atoms with van der Waals surface area (Å²) in [5, 5.41) is 14.2. The lowest BCUT2D eigenvalue weighted by Gasteiger charge is -2.25. The van der Waals surface area contributed by atoms with E-state index in [9.17, 15) is 31.1 Å². The van der Waals surface area contributed by atoms with E-state index < -0.39 is 24.3 Å². The maximum atomic E-state index is 11.9. The molecule has 0 bridgehead atoms. The van der Waals surface area contributed by atoms with E-state index in [0.717, 1.165) is 13.1 Å². The van der Waals surface area contributed by atoms with Crippen LogP contribution >= 0.6 is 11.3 Å². The molecule has 0 radical (unpaired) electrons. The lowest BCUT2D eigenvalue weighted by molar-refractivity contribution is -0.193. The van der Waals surface area contributed by atoms with E-state index >= 15 is 0 Å². The van der Waals surface area contributed by atoms with Gasteiger partial charge in [0.05, 0.1) is 6.54 Å². The fraction of sp³-hybridized carbons (Fsp3) is 0.650. The van der Waals surface area contributed by atoms with Crippen molar-refractivity contribution < 1.29 is 50.9 Å². The number of aryl methyl sites for hydroxylation is 1. The predicted molar refractivity (Wildman–Crippen MR) is 114 cm³/mol. The van der Waals surface area contributed by atoms with Crippen LogP contribution in [0.15, 0.2) is 12.1 Å². The zero-order valence-electron chi connectivity index (χ0n) is 19.2. The second kappa shape index (κ2) is 12.5. The number of thiophene rings is 1. The summed E-state index contributed by atoms with van der Waals surface area (Å²) in [5.41, 5.74) is 0. The number of carbonyl (C=O) groups excluding carboxylic acids is 1. The summed E-state index contributed by atoms with van der Waals surface area (Å²) in [5.74, 6) is -5.29. The second-order valence-electron chi connectivity index (χ2n) is 8.06. The fourth-order valence-electron chi connectivity index (χ4n) is 3.64. The third-order valence-corrected chi connectivity index (χ3v) is 6.27. The highest BCUT2D eigenvalue weighted by Crippen LogP contribution is 2.33. The fourth-order valence-corrected chi connectivity index (χ4v) is 4.56. The number of alkyl halides is 6. The van der Waals surface area contributed by atoms with Gasteiger partial charge in [0.1, 0.15) is 0 Å². The monoisotopic (exact) mass is 535 g/mol. The van der Waals surface area contributed by atoms with Crippen molar-refractivity contribution in [3.8, 4) is 0 Å². The Labute approximate surface area is 201 Å². The summed E-state index contributed by atoms with van der Waals surface area (Å²) >= 11 is 1.91. The Hall–Kier alpha value is -2.39. The van der Waals surface area contributed by atoms with Gasteiger partial charge in [0, 0.05) is 55.6 Å². The normalized spacial score (nSPS) is 20.3. The summed E-state index contributed by atoms with van der Waals surface area (Å²) in [4.78, 5) is 39.3. The van der Waals surface area contributed by atoms with Gasteiger partial charge < -0.3 is 15.1 Å². The number of hydrogen-bond donors (Lipinski definition) is 2. The molecular weight excluding hydrogens is 508 g/mol. The third-order valence-electron chi connectivity index (χ3n) is 5.28. The van der Waals surface area contributed by atoms with E-state index in [-0.39, 0.29) is 5.91 Å². The largest absolute Gasteiger partial charge is 0.490 e. The van der Waals surface area contributed by atoms with Crippen molar-refractivity contribution in [3.05, 3.63) is 21.9 Å². The molecule has 0 spiro atoms. The van der Waals surface area contributed by atoms with Crippen molar-refractivity contribution in [2.75, 3.05) is 33.7 Å². The van der Waals surface area contributed by atoms with E-state index in [0.29, 0.717) is 18.6 Å². The average molecular weight is 536 g/mol. The van der Waals surface area contributed by atoms with Crippen LogP contribution in [0.5, 0.6) is 0 Å². The Kier molecular flexibility index (Phi) is 11.0. The van der Waals surface area contributed by atoms with Crippen LogP contribution in [-0.2, 0) is 20.9 Å². The molecule has 0 saturated carbocycles. The number of likely N-dealkylation sites (N-methyl/N-ethyl adjacent to an activating group) is 1. The molecule has 200 valence electrons. The molecule has 35 heavy (non-hydrogen) atoms. The number of carboxylic acid groups (broad SMARTS) is 2. The molecule has 3 heterocycles. The first-order valence-electron chi connectivity index (χ1n) is 10.3. The summed E-state index contributed by atoms with van der Waals surface area (Å²) in [6.07, 6.45) is -7.76. The molecule has 0 unspecified atom stereocenters. The lowest BCUT2D eigenvalue weighted by Crippen LogP contribution is -2.41. The number of likely N-dealkylation sites (tertiary alicyclic amines) is 2. The van der Waals surface area contributed by atoms with Gasteiger partial charge in [-0.15, -0.1) is 11.3 Å². The quantitative estimate of drug-likeness (QED) is 0.572. The zero-order chi connectivity index (χ0) is 27.1. The molecule has 2 fully saturated rings. The van der Waals surface area contributed by atoms with E-state index in [4.69, 9.17) is 19.8 Å². The Bertz CT molecular complexity index is 850. The van der Waals surface area contributed by atoms with Crippen LogP contribution in [-0.4, -0.2) is 101 Å². The highest BCUT2D eigenvalue weighted by Gasteiger charge is 2.43.